The third-order valence-corrected chi connectivity index (χ3v) is 4.87. The maximum Gasteiger partial charge on any atom is 0.0930 e. The lowest BCUT2D eigenvalue weighted by Crippen LogP contribution is -1.93. The van der Waals surface area contributed by atoms with Gasteiger partial charge in [0.2, 0.25) is 0 Å². The molecular formula is C12H9BrCl2S. The molecule has 0 N–H and O–H groups in total. The molecular weight excluding hydrogens is 327 g/mol. The molecule has 0 radical (unpaired) electrons. The number of benzene rings is 1. The van der Waals surface area contributed by atoms with E-state index in [4.69, 9.17) is 23.2 Å². The quantitative estimate of drug-likeness (QED) is 0.608. The molecule has 0 saturated heterocycles. The second-order valence-electron chi connectivity index (χ2n) is 3.51. The molecule has 1 heterocycles. The Kier molecular flexibility index (Phi) is 3.96. The second kappa shape index (κ2) is 5.09. The van der Waals surface area contributed by atoms with Crippen LogP contribution in [0, 0.1) is 6.92 Å². The van der Waals surface area contributed by atoms with Gasteiger partial charge in [-0.15, -0.1) is 22.9 Å². The summed E-state index contributed by atoms with van der Waals surface area (Å²) in [5, 5.41) is 0.644. The van der Waals surface area contributed by atoms with Crippen LogP contribution in [0.2, 0.25) is 5.02 Å². The smallest absolute Gasteiger partial charge is 0.0930 e. The highest BCUT2D eigenvalue weighted by Crippen LogP contribution is 2.37. The lowest BCUT2D eigenvalue weighted by Gasteiger charge is -2.11. The summed E-state index contributed by atoms with van der Waals surface area (Å²) in [4.78, 5) is 1.14. The summed E-state index contributed by atoms with van der Waals surface area (Å²) in [6, 6.07) is 9.86. The molecule has 1 atom stereocenters. The molecule has 0 spiro atoms. The van der Waals surface area contributed by atoms with Crippen molar-refractivity contribution >= 4 is 50.5 Å². The maximum absolute atomic E-state index is 6.45. The van der Waals surface area contributed by atoms with Crippen molar-refractivity contribution in [3.8, 4) is 0 Å². The topological polar surface area (TPSA) is 0 Å². The van der Waals surface area contributed by atoms with Crippen LogP contribution in [0.3, 0.4) is 0 Å². The predicted molar refractivity (Wildman–Crippen MR) is 75.9 cm³/mol. The zero-order valence-corrected chi connectivity index (χ0v) is 12.4. The molecule has 16 heavy (non-hydrogen) atoms. The molecule has 0 aliphatic rings. The zero-order chi connectivity index (χ0) is 11.7. The number of aryl methyl sites for hydroxylation is 1. The minimum absolute atomic E-state index is 0.103. The van der Waals surface area contributed by atoms with E-state index in [2.05, 4.69) is 15.9 Å². The van der Waals surface area contributed by atoms with Crippen molar-refractivity contribution in [2.45, 2.75) is 12.3 Å². The third kappa shape index (κ3) is 2.62. The van der Waals surface area contributed by atoms with Crippen LogP contribution in [-0.2, 0) is 0 Å². The van der Waals surface area contributed by atoms with Crippen molar-refractivity contribution in [2.75, 3.05) is 0 Å². The van der Waals surface area contributed by atoms with Crippen LogP contribution in [-0.4, -0.2) is 0 Å². The fraction of sp³-hybridized carbons (Fsp3) is 0.167. The molecule has 0 aliphatic carbocycles. The number of hydrogen-bond acceptors (Lipinski definition) is 1. The Morgan fingerprint density at radius 3 is 2.56 bits per heavy atom. The van der Waals surface area contributed by atoms with Gasteiger partial charge in [0.25, 0.3) is 0 Å². The van der Waals surface area contributed by atoms with Gasteiger partial charge in [-0.2, -0.15) is 0 Å². The average molecular weight is 336 g/mol. The molecule has 1 aromatic carbocycles. The minimum atomic E-state index is -0.103. The highest BCUT2D eigenvalue weighted by Gasteiger charge is 2.15. The second-order valence-corrected chi connectivity index (χ2v) is 6.87. The number of halogens is 3. The summed E-state index contributed by atoms with van der Waals surface area (Å²) in [6.07, 6.45) is 0. The molecule has 4 heteroatoms. The first kappa shape index (κ1) is 12.4. The van der Waals surface area contributed by atoms with Gasteiger partial charge in [0, 0.05) is 9.90 Å². The van der Waals surface area contributed by atoms with Crippen molar-refractivity contribution in [1.82, 2.24) is 0 Å². The highest BCUT2D eigenvalue weighted by molar-refractivity contribution is 9.11. The van der Waals surface area contributed by atoms with Crippen LogP contribution in [0.5, 0.6) is 0 Å². The fourth-order valence-electron chi connectivity index (χ4n) is 1.54. The summed E-state index contributed by atoms with van der Waals surface area (Å²) in [7, 11) is 0. The van der Waals surface area contributed by atoms with Crippen molar-refractivity contribution in [3.05, 3.63) is 55.1 Å². The summed E-state index contributed by atoms with van der Waals surface area (Å²) < 4.78 is 1.10. The van der Waals surface area contributed by atoms with Crippen molar-refractivity contribution in [3.63, 3.8) is 0 Å². The number of alkyl halides is 1. The molecule has 0 nitrogen and oxygen atoms in total. The van der Waals surface area contributed by atoms with Gasteiger partial charge in [-0.1, -0.05) is 17.7 Å². The summed E-state index contributed by atoms with van der Waals surface area (Å²) in [6.45, 7) is 2.03. The van der Waals surface area contributed by atoms with Gasteiger partial charge in [-0.25, -0.2) is 0 Å². The van der Waals surface area contributed by atoms with Crippen molar-refractivity contribution in [2.24, 2.45) is 0 Å². The normalized spacial score (nSPS) is 12.8. The van der Waals surface area contributed by atoms with Gasteiger partial charge in [-0.05, 0) is 58.2 Å². The van der Waals surface area contributed by atoms with Crippen molar-refractivity contribution in [1.29, 1.82) is 0 Å². The van der Waals surface area contributed by atoms with E-state index in [0.29, 0.717) is 0 Å². The zero-order valence-electron chi connectivity index (χ0n) is 8.51. The number of thiophene rings is 1. The first-order chi connectivity index (χ1) is 7.58. The van der Waals surface area contributed by atoms with E-state index >= 15 is 0 Å². The van der Waals surface area contributed by atoms with Crippen LogP contribution in [0.15, 0.2) is 34.1 Å². The summed E-state index contributed by atoms with van der Waals surface area (Å²) in [5.74, 6) is 0. The number of hydrogen-bond donors (Lipinski definition) is 0. The SMILES string of the molecule is Cc1cc(Cl)ccc1C(Cl)c1ccc(Br)s1. The van der Waals surface area contributed by atoms with E-state index in [1.54, 1.807) is 11.3 Å². The van der Waals surface area contributed by atoms with Crippen LogP contribution < -0.4 is 0 Å². The average Bonchev–Trinajstić information content (AvgIpc) is 2.64. The largest absolute Gasteiger partial charge is 0.131 e. The fourth-order valence-corrected chi connectivity index (χ4v) is 3.64. The molecule has 84 valence electrons. The Morgan fingerprint density at radius 1 is 1.25 bits per heavy atom. The van der Waals surface area contributed by atoms with E-state index in [0.717, 1.165) is 24.8 Å². The predicted octanol–water partition coefficient (Wildman–Crippen LogP) is 5.80. The summed E-state index contributed by atoms with van der Waals surface area (Å²) in [5.41, 5.74) is 2.23. The Hall–Kier alpha value is -0.0200. The van der Waals surface area contributed by atoms with Gasteiger partial charge in [0.05, 0.1) is 9.16 Å². The molecule has 1 unspecified atom stereocenters. The number of rotatable bonds is 2. The molecule has 1 aromatic heterocycles. The first-order valence-corrected chi connectivity index (χ1v) is 7.15. The van der Waals surface area contributed by atoms with Crippen LogP contribution >= 0.6 is 50.5 Å². The van der Waals surface area contributed by atoms with E-state index in [-0.39, 0.29) is 5.38 Å². The van der Waals surface area contributed by atoms with Crippen LogP contribution in [0.25, 0.3) is 0 Å². The van der Waals surface area contributed by atoms with Crippen LogP contribution in [0.4, 0.5) is 0 Å². The Balaban J connectivity index is 2.37. The maximum atomic E-state index is 6.45. The molecule has 0 fully saturated rings. The molecule has 2 aromatic rings. The monoisotopic (exact) mass is 334 g/mol. The first-order valence-electron chi connectivity index (χ1n) is 4.73. The highest BCUT2D eigenvalue weighted by atomic mass is 79.9. The van der Waals surface area contributed by atoms with Crippen molar-refractivity contribution < 1.29 is 0 Å². The van der Waals surface area contributed by atoms with E-state index in [1.807, 2.05) is 37.3 Å². The molecule has 0 bridgehead atoms. The standard InChI is InChI=1S/C12H9BrCl2S/c1-7-6-8(14)2-3-9(7)12(15)10-4-5-11(13)16-10/h2-6,12H,1H3. The van der Waals surface area contributed by atoms with E-state index in [1.165, 1.54) is 0 Å². The lowest BCUT2D eigenvalue weighted by molar-refractivity contribution is 1.15. The van der Waals surface area contributed by atoms with Gasteiger partial charge < -0.3 is 0 Å². The molecule has 0 amide bonds. The molecule has 2 rings (SSSR count). The van der Waals surface area contributed by atoms with E-state index < -0.39 is 0 Å². The lowest BCUT2D eigenvalue weighted by atomic mass is 10.0. The van der Waals surface area contributed by atoms with Crippen LogP contribution in [0.1, 0.15) is 21.4 Å². The minimum Gasteiger partial charge on any atom is -0.131 e. The molecule has 0 aliphatic heterocycles. The van der Waals surface area contributed by atoms with Gasteiger partial charge in [0.1, 0.15) is 0 Å². The summed E-state index contributed by atoms with van der Waals surface area (Å²) >= 11 is 17.5. The Labute approximate surface area is 117 Å². The van der Waals surface area contributed by atoms with Gasteiger partial charge in [0.15, 0.2) is 0 Å². The van der Waals surface area contributed by atoms with E-state index in [9.17, 15) is 0 Å². The van der Waals surface area contributed by atoms with Gasteiger partial charge in [-0.3, -0.25) is 0 Å². The Morgan fingerprint density at radius 2 is 2.00 bits per heavy atom. The molecule has 0 saturated carbocycles. The Bertz CT molecular complexity index is 507. The third-order valence-electron chi connectivity index (χ3n) is 2.35. The van der Waals surface area contributed by atoms with Gasteiger partial charge >= 0.3 is 0 Å².